The van der Waals surface area contributed by atoms with Crippen LogP contribution in [0.15, 0.2) is 18.6 Å². The SMILES string of the molecule is O=C1OC(C(=O)C2CCc3c(cnn3CC(F)(F)F)C2)(N2CC3CCC(C2)N3c2ncc(F)cn2)OC1=O. The molecular weight excluding hydrogens is 516 g/mol. The number of carbonyl (C=O) groups excluding carboxylic acids is 3. The van der Waals surface area contributed by atoms with Gasteiger partial charge in [-0.2, -0.15) is 18.3 Å². The number of rotatable bonds is 5. The van der Waals surface area contributed by atoms with E-state index in [0.717, 1.165) is 17.1 Å². The van der Waals surface area contributed by atoms with E-state index in [-0.39, 0.29) is 44.4 Å². The van der Waals surface area contributed by atoms with Gasteiger partial charge < -0.3 is 14.4 Å². The lowest BCUT2D eigenvalue weighted by atomic mass is 9.83. The van der Waals surface area contributed by atoms with E-state index in [9.17, 15) is 31.9 Å². The third-order valence-electron chi connectivity index (χ3n) is 7.61. The molecule has 3 unspecified atom stereocenters. The van der Waals surface area contributed by atoms with Crippen LogP contribution in [0.25, 0.3) is 0 Å². The van der Waals surface area contributed by atoms with Crippen molar-refractivity contribution in [3.8, 4) is 0 Å². The average molecular weight is 538 g/mol. The van der Waals surface area contributed by atoms with Crippen LogP contribution in [-0.4, -0.2) is 79.6 Å². The number of likely N-dealkylation sites (tertiary alicyclic amines) is 1. The van der Waals surface area contributed by atoms with Gasteiger partial charge in [-0.3, -0.25) is 9.48 Å². The molecule has 0 N–H and O–H groups in total. The lowest BCUT2D eigenvalue weighted by Gasteiger charge is -2.46. The summed E-state index contributed by atoms with van der Waals surface area (Å²) in [6.07, 6.45) is 0.771. The Hall–Kier alpha value is -3.62. The zero-order valence-corrected chi connectivity index (χ0v) is 19.9. The Balaban J connectivity index is 1.25. The van der Waals surface area contributed by atoms with Gasteiger partial charge in [0, 0.05) is 36.8 Å². The largest absolute Gasteiger partial charge is 0.422 e. The van der Waals surface area contributed by atoms with Gasteiger partial charge >= 0.3 is 24.0 Å². The van der Waals surface area contributed by atoms with Crippen molar-refractivity contribution in [2.45, 2.75) is 62.8 Å². The standard InChI is InChI=1S/C23H22F4N6O5/c24-14-7-28-21(29-8-14)33-15-2-3-16(33)10-31(9-15)23(37-19(35)20(36)38-23)18(34)12-1-4-17-13(5-12)6-30-32(17)11-22(25,26)27/h6-8,12,15-16H,1-5,9-11H2. The summed E-state index contributed by atoms with van der Waals surface area (Å²) in [5, 5.41) is 3.84. The molecule has 2 bridgehead atoms. The Kier molecular flexibility index (Phi) is 5.66. The Morgan fingerprint density at radius 1 is 1.03 bits per heavy atom. The topological polar surface area (TPSA) is 120 Å². The van der Waals surface area contributed by atoms with Crippen LogP contribution < -0.4 is 4.90 Å². The van der Waals surface area contributed by atoms with Crippen LogP contribution >= 0.6 is 0 Å². The van der Waals surface area contributed by atoms with Gasteiger partial charge in [0.15, 0.2) is 5.82 Å². The maximum atomic E-state index is 13.9. The van der Waals surface area contributed by atoms with Crippen molar-refractivity contribution >= 4 is 23.7 Å². The van der Waals surface area contributed by atoms with E-state index in [1.807, 2.05) is 4.90 Å². The lowest BCUT2D eigenvalue weighted by molar-refractivity contribution is -0.246. The van der Waals surface area contributed by atoms with Gasteiger partial charge in [-0.1, -0.05) is 0 Å². The van der Waals surface area contributed by atoms with Crippen molar-refractivity contribution in [3.05, 3.63) is 35.7 Å². The second kappa shape index (κ2) is 8.71. The maximum absolute atomic E-state index is 13.9. The monoisotopic (exact) mass is 538 g/mol. The molecule has 0 spiro atoms. The molecule has 11 nitrogen and oxygen atoms in total. The fourth-order valence-corrected chi connectivity index (χ4v) is 6.03. The molecule has 202 valence electrons. The second-order valence-corrected chi connectivity index (χ2v) is 9.95. The number of nitrogens with zero attached hydrogens (tertiary/aromatic N) is 6. The summed E-state index contributed by atoms with van der Waals surface area (Å²) in [6, 6.07) is -0.444. The fraction of sp³-hybridized carbons (Fsp3) is 0.565. The zero-order valence-electron chi connectivity index (χ0n) is 19.9. The van der Waals surface area contributed by atoms with Crippen molar-refractivity contribution in [3.63, 3.8) is 0 Å². The number of ketones is 1. The Morgan fingerprint density at radius 3 is 2.26 bits per heavy atom. The first-order valence-electron chi connectivity index (χ1n) is 12.2. The summed E-state index contributed by atoms with van der Waals surface area (Å²) in [7, 11) is 0. The van der Waals surface area contributed by atoms with Crippen LogP contribution in [0.3, 0.4) is 0 Å². The minimum absolute atomic E-state index is 0.0686. The molecule has 0 saturated carbocycles. The molecule has 4 aliphatic rings. The molecule has 3 aliphatic heterocycles. The highest BCUT2D eigenvalue weighted by molar-refractivity contribution is 6.32. The van der Waals surface area contributed by atoms with Gasteiger partial charge in [0.1, 0.15) is 6.54 Å². The number of aromatic nitrogens is 4. The Labute approximate surface area is 212 Å². The van der Waals surface area contributed by atoms with Crippen molar-refractivity contribution in [2.24, 2.45) is 5.92 Å². The number of hydrogen-bond acceptors (Lipinski definition) is 10. The van der Waals surface area contributed by atoms with E-state index in [2.05, 4.69) is 15.1 Å². The summed E-state index contributed by atoms with van der Waals surface area (Å²) in [5.74, 6) is -6.51. The second-order valence-electron chi connectivity index (χ2n) is 9.95. The fourth-order valence-electron chi connectivity index (χ4n) is 6.03. The number of piperazine rings is 1. The minimum atomic E-state index is -4.44. The number of anilines is 1. The van der Waals surface area contributed by atoms with E-state index in [1.54, 1.807) is 0 Å². The normalized spacial score (nSPS) is 26.7. The van der Waals surface area contributed by atoms with E-state index in [1.165, 1.54) is 11.1 Å². The van der Waals surface area contributed by atoms with Crippen LogP contribution in [0, 0.1) is 11.7 Å². The quantitative estimate of drug-likeness (QED) is 0.312. The number of hydrogen-bond donors (Lipinski definition) is 0. The van der Waals surface area contributed by atoms with Gasteiger partial charge in [-0.25, -0.2) is 28.8 Å². The summed E-state index contributed by atoms with van der Waals surface area (Å²) in [5.41, 5.74) is 0.884. The first-order valence-corrected chi connectivity index (χ1v) is 12.2. The third-order valence-corrected chi connectivity index (χ3v) is 7.61. The van der Waals surface area contributed by atoms with E-state index >= 15 is 0 Å². The highest BCUT2D eigenvalue weighted by Crippen LogP contribution is 2.41. The van der Waals surface area contributed by atoms with Crippen LogP contribution in [-0.2, 0) is 43.2 Å². The number of ether oxygens (including phenoxy) is 2. The number of carbonyl (C=O) groups is 3. The first-order chi connectivity index (χ1) is 18.0. The molecule has 15 heteroatoms. The predicted molar refractivity (Wildman–Crippen MR) is 117 cm³/mol. The molecular formula is C23H22F4N6O5. The predicted octanol–water partition coefficient (Wildman–Crippen LogP) is 1.16. The zero-order chi connectivity index (χ0) is 26.8. The van der Waals surface area contributed by atoms with Gasteiger partial charge in [-0.15, -0.1) is 0 Å². The van der Waals surface area contributed by atoms with Crippen LogP contribution in [0.2, 0.25) is 0 Å². The van der Waals surface area contributed by atoms with Crippen molar-refractivity contribution in [1.82, 2.24) is 24.6 Å². The molecule has 0 amide bonds. The molecule has 38 heavy (non-hydrogen) atoms. The molecule has 3 saturated heterocycles. The molecule has 2 aromatic rings. The van der Waals surface area contributed by atoms with E-state index in [0.29, 0.717) is 30.0 Å². The molecule has 1 aliphatic carbocycles. The van der Waals surface area contributed by atoms with E-state index in [4.69, 9.17) is 9.47 Å². The molecule has 5 heterocycles. The Bertz CT molecular complexity index is 1270. The van der Waals surface area contributed by atoms with Crippen LogP contribution in [0.1, 0.15) is 30.5 Å². The lowest BCUT2D eigenvalue weighted by Crippen LogP contribution is -2.66. The highest BCUT2D eigenvalue weighted by atomic mass is 19.4. The van der Waals surface area contributed by atoms with Gasteiger partial charge in [0.05, 0.1) is 18.6 Å². The number of halogens is 4. The Morgan fingerprint density at radius 2 is 1.66 bits per heavy atom. The summed E-state index contributed by atoms with van der Waals surface area (Å²) >= 11 is 0. The van der Waals surface area contributed by atoms with Crippen LogP contribution in [0.4, 0.5) is 23.5 Å². The molecule has 2 aromatic heterocycles. The number of alkyl halides is 3. The van der Waals surface area contributed by atoms with Crippen molar-refractivity contribution in [2.75, 3.05) is 18.0 Å². The average Bonchev–Trinajstić information content (AvgIpc) is 3.49. The molecule has 0 aromatic carbocycles. The summed E-state index contributed by atoms with van der Waals surface area (Å²) in [6.45, 7) is -0.888. The van der Waals surface area contributed by atoms with Gasteiger partial charge in [0.2, 0.25) is 11.7 Å². The summed E-state index contributed by atoms with van der Waals surface area (Å²) in [4.78, 5) is 49.9. The minimum Gasteiger partial charge on any atom is -0.393 e. The number of esters is 2. The van der Waals surface area contributed by atoms with Crippen molar-refractivity contribution in [1.29, 1.82) is 0 Å². The van der Waals surface area contributed by atoms with Gasteiger partial charge in [0.25, 0.3) is 0 Å². The number of cyclic esters (lactones) is 2. The first kappa shape index (κ1) is 24.7. The van der Waals surface area contributed by atoms with E-state index < -0.39 is 48.1 Å². The number of Topliss-reactive ketones (excluding diaryl/α,β-unsaturated/α-hetero) is 1. The summed E-state index contributed by atoms with van der Waals surface area (Å²) < 4.78 is 63.6. The third kappa shape index (κ3) is 4.08. The maximum Gasteiger partial charge on any atom is 0.422 e. The van der Waals surface area contributed by atoms with Crippen molar-refractivity contribution < 1.29 is 41.4 Å². The van der Waals surface area contributed by atoms with Gasteiger partial charge in [-0.05, 0) is 37.7 Å². The molecule has 6 rings (SSSR count). The smallest absolute Gasteiger partial charge is 0.393 e. The highest BCUT2D eigenvalue weighted by Gasteiger charge is 2.63. The molecule has 3 fully saturated rings. The molecule has 0 radical (unpaired) electrons. The number of fused-ring (bicyclic) bond motifs is 3. The van der Waals surface area contributed by atoms with Crippen LogP contribution in [0.5, 0.6) is 0 Å². The molecule has 3 atom stereocenters.